The number of pyridine rings is 1. The molecule has 0 radical (unpaired) electrons. The summed E-state index contributed by atoms with van der Waals surface area (Å²) in [7, 11) is 0. The number of hydrogen-bond acceptors (Lipinski definition) is 9. The Labute approximate surface area is 140 Å². The van der Waals surface area contributed by atoms with Crippen LogP contribution in [0.25, 0.3) is 0 Å². The monoisotopic (exact) mass is 353 g/mol. The van der Waals surface area contributed by atoms with Crippen molar-refractivity contribution in [3.05, 3.63) is 28.0 Å². The first kappa shape index (κ1) is 17.3. The van der Waals surface area contributed by atoms with Gasteiger partial charge in [0.25, 0.3) is 5.91 Å². The predicted octanol–water partition coefficient (Wildman–Crippen LogP) is 0.990. The molecule has 8 nitrogen and oxygen atoms in total. The molecular weight excluding hydrogens is 338 g/mol. The quantitative estimate of drug-likeness (QED) is 0.402. The van der Waals surface area contributed by atoms with Crippen LogP contribution in [0.1, 0.15) is 21.8 Å². The molecule has 0 aromatic carbocycles. The van der Waals surface area contributed by atoms with Crippen molar-refractivity contribution in [2.24, 2.45) is 5.10 Å². The zero-order valence-corrected chi connectivity index (χ0v) is 14.1. The minimum atomic E-state index is -0.310. The van der Waals surface area contributed by atoms with E-state index in [1.165, 1.54) is 35.5 Å². The number of thioether (sulfide) groups is 1. The molecule has 0 aliphatic carbocycles. The summed E-state index contributed by atoms with van der Waals surface area (Å²) in [5.74, 6) is -0.233. The average molecular weight is 353 g/mol. The van der Waals surface area contributed by atoms with Crippen molar-refractivity contribution in [3.63, 3.8) is 0 Å². The number of aliphatic hydroxyl groups excluding tert-OH is 1. The van der Waals surface area contributed by atoms with Gasteiger partial charge in [-0.2, -0.15) is 5.10 Å². The first-order chi connectivity index (χ1) is 11.0. The lowest BCUT2D eigenvalue weighted by molar-refractivity contribution is -0.118. The second-order valence-electron chi connectivity index (χ2n) is 4.46. The Bertz CT molecular complexity index is 732. The summed E-state index contributed by atoms with van der Waals surface area (Å²) in [5.41, 5.74) is 3.52. The zero-order chi connectivity index (χ0) is 16.8. The molecule has 2 heterocycles. The number of hydrazone groups is 1. The highest BCUT2D eigenvalue weighted by Crippen LogP contribution is 2.22. The molecule has 2 aromatic heterocycles. The van der Waals surface area contributed by atoms with Gasteiger partial charge in [-0.05, 0) is 13.8 Å². The fraction of sp³-hybridized carbons (Fsp3) is 0.308. The molecule has 0 spiro atoms. The summed E-state index contributed by atoms with van der Waals surface area (Å²) < 4.78 is 0.714. The number of nitrogens with one attached hydrogen (secondary N) is 1. The van der Waals surface area contributed by atoms with Gasteiger partial charge in [0, 0.05) is 17.3 Å². The standard InChI is InChI=1S/C13H15N5O3S2/c1-7-12(21)10(9(5-19)3-14-7)4-15-17-11(20)6-22-13-18-16-8(2)23-13/h3-4,19,21H,5-6H2,1-2H3,(H,17,20)/b15-4+. The van der Waals surface area contributed by atoms with Gasteiger partial charge in [0.2, 0.25) is 0 Å². The van der Waals surface area contributed by atoms with Crippen molar-refractivity contribution in [2.75, 3.05) is 5.75 Å². The van der Waals surface area contributed by atoms with Crippen LogP contribution >= 0.6 is 23.1 Å². The Morgan fingerprint density at radius 2 is 2.26 bits per heavy atom. The van der Waals surface area contributed by atoms with Crippen LogP contribution in [0.3, 0.4) is 0 Å². The summed E-state index contributed by atoms with van der Waals surface area (Å²) in [5, 5.41) is 31.6. The molecule has 2 rings (SSSR count). The van der Waals surface area contributed by atoms with E-state index in [1.54, 1.807) is 6.92 Å². The van der Waals surface area contributed by atoms with Crippen molar-refractivity contribution >= 4 is 35.2 Å². The number of carbonyl (C=O) groups is 1. The van der Waals surface area contributed by atoms with Crippen molar-refractivity contribution in [1.29, 1.82) is 0 Å². The number of aromatic nitrogens is 3. The summed E-state index contributed by atoms with van der Waals surface area (Å²) >= 11 is 2.68. The molecule has 0 aliphatic rings. The Morgan fingerprint density at radius 1 is 1.48 bits per heavy atom. The van der Waals surface area contributed by atoms with E-state index in [1.807, 2.05) is 6.92 Å². The van der Waals surface area contributed by atoms with E-state index < -0.39 is 0 Å². The van der Waals surface area contributed by atoms with Gasteiger partial charge in [-0.1, -0.05) is 23.1 Å². The number of nitrogens with zero attached hydrogens (tertiary/aromatic N) is 4. The van der Waals surface area contributed by atoms with Gasteiger partial charge < -0.3 is 10.2 Å². The third-order valence-electron chi connectivity index (χ3n) is 2.75. The Balaban J connectivity index is 1.93. The van der Waals surface area contributed by atoms with Crippen LogP contribution in [0.5, 0.6) is 5.75 Å². The van der Waals surface area contributed by atoms with E-state index >= 15 is 0 Å². The Kier molecular flexibility index (Phi) is 6.02. The zero-order valence-electron chi connectivity index (χ0n) is 12.5. The highest BCUT2D eigenvalue weighted by atomic mass is 32.2. The minimum Gasteiger partial charge on any atom is -0.505 e. The van der Waals surface area contributed by atoms with Gasteiger partial charge in [-0.25, -0.2) is 5.43 Å². The fourth-order valence-electron chi connectivity index (χ4n) is 1.59. The number of amides is 1. The van der Waals surface area contributed by atoms with Crippen LogP contribution in [-0.2, 0) is 11.4 Å². The van der Waals surface area contributed by atoms with E-state index in [-0.39, 0.29) is 24.0 Å². The topological polar surface area (TPSA) is 121 Å². The van der Waals surface area contributed by atoms with Gasteiger partial charge in [-0.15, -0.1) is 10.2 Å². The number of carbonyl (C=O) groups excluding carboxylic acids is 1. The number of aromatic hydroxyl groups is 1. The molecule has 0 saturated carbocycles. The van der Waals surface area contributed by atoms with Gasteiger partial charge in [-0.3, -0.25) is 9.78 Å². The van der Waals surface area contributed by atoms with Gasteiger partial charge in [0.15, 0.2) is 4.34 Å². The smallest absolute Gasteiger partial charge is 0.250 e. The van der Waals surface area contributed by atoms with Gasteiger partial charge in [0.1, 0.15) is 10.8 Å². The number of rotatable bonds is 6. The van der Waals surface area contributed by atoms with E-state index in [2.05, 4.69) is 25.7 Å². The molecule has 0 saturated heterocycles. The molecule has 23 heavy (non-hydrogen) atoms. The second-order valence-corrected chi connectivity index (χ2v) is 6.86. The lowest BCUT2D eigenvalue weighted by Gasteiger charge is -2.06. The maximum Gasteiger partial charge on any atom is 0.250 e. The van der Waals surface area contributed by atoms with E-state index in [0.717, 1.165) is 5.01 Å². The van der Waals surface area contributed by atoms with Crippen LogP contribution in [-0.4, -0.2) is 43.3 Å². The highest BCUT2D eigenvalue weighted by Gasteiger charge is 2.10. The summed E-state index contributed by atoms with van der Waals surface area (Å²) in [6.07, 6.45) is 2.74. The molecule has 10 heteroatoms. The maximum absolute atomic E-state index is 11.7. The van der Waals surface area contributed by atoms with E-state index in [9.17, 15) is 15.0 Å². The van der Waals surface area contributed by atoms with Crippen LogP contribution in [0.2, 0.25) is 0 Å². The molecule has 122 valence electrons. The van der Waals surface area contributed by atoms with Crippen molar-refractivity contribution in [2.45, 2.75) is 24.8 Å². The minimum absolute atomic E-state index is 0.0757. The SMILES string of the molecule is Cc1nnc(SCC(=O)N/N=C/c2c(CO)cnc(C)c2O)s1. The van der Waals surface area contributed by atoms with Crippen molar-refractivity contribution in [1.82, 2.24) is 20.6 Å². The predicted molar refractivity (Wildman–Crippen MR) is 87.7 cm³/mol. The second kappa shape index (κ2) is 7.99. The third-order valence-corrected chi connectivity index (χ3v) is 4.72. The summed E-state index contributed by atoms with van der Waals surface area (Å²) in [4.78, 5) is 15.7. The number of aliphatic hydroxyl groups is 1. The fourth-order valence-corrected chi connectivity index (χ4v) is 3.20. The summed E-state index contributed by atoms with van der Waals surface area (Å²) in [6.45, 7) is 3.18. The lowest BCUT2D eigenvalue weighted by atomic mass is 10.1. The third kappa shape index (κ3) is 4.71. The molecule has 1 amide bonds. The Hall–Kier alpha value is -2.04. The van der Waals surface area contributed by atoms with Crippen LogP contribution in [0.4, 0.5) is 0 Å². The van der Waals surface area contributed by atoms with Gasteiger partial charge >= 0.3 is 0 Å². The van der Waals surface area contributed by atoms with Crippen LogP contribution in [0.15, 0.2) is 15.6 Å². The molecule has 2 aromatic rings. The molecular formula is C13H15N5O3S2. The Morgan fingerprint density at radius 3 is 2.91 bits per heavy atom. The van der Waals surface area contributed by atoms with E-state index in [4.69, 9.17) is 0 Å². The maximum atomic E-state index is 11.7. The molecule has 0 fully saturated rings. The van der Waals surface area contributed by atoms with Gasteiger partial charge in [0.05, 0.1) is 24.3 Å². The first-order valence-corrected chi connectivity index (χ1v) is 8.34. The van der Waals surface area contributed by atoms with Crippen molar-refractivity contribution in [3.8, 4) is 5.75 Å². The normalized spacial score (nSPS) is 11.1. The number of aryl methyl sites for hydroxylation is 2. The summed E-state index contributed by atoms with van der Waals surface area (Å²) in [6, 6.07) is 0. The van der Waals surface area contributed by atoms with Crippen molar-refractivity contribution < 1.29 is 15.0 Å². The largest absolute Gasteiger partial charge is 0.505 e. The molecule has 0 atom stereocenters. The lowest BCUT2D eigenvalue weighted by Crippen LogP contribution is -2.19. The van der Waals surface area contributed by atoms with E-state index in [0.29, 0.717) is 21.2 Å². The average Bonchev–Trinajstić information content (AvgIpc) is 2.95. The molecule has 0 aliphatic heterocycles. The first-order valence-electron chi connectivity index (χ1n) is 6.54. The van der Waals surface area contributed by atoms with Crippen LogP contribution < -0.4 is 5.43 Å². The molecule has 3 N–H and O–H groups in total. The highest BCUT2D eigenvalue weighted by molar-refractivity contribution is 8.01. The molecule has 0 bridgehead atoms. The van der Waals surface area contributed by atoms with Crippen LogP contribution in [0, 0.1) is 13.8 Å². The molecule has 0 unspecified atom stereocenters. The number of hydrogen-bond donors (Lipinski definition) is 3.